The van der Waals surface area contributed by atoms with Crippen LogP contribution in [-0.4, -0.2) is 4.98 Å². The number of nitrogens with one attached hydrogen (secondary N) is 1. The van der Waals surface area contributed by atoms with Crippen LogP contribution in [0.5, 0.6) is 0 Å². The van der Waals surface area contributed by atoms with Crippen molar-refractivity contribution in [1.29, 1.82) is 0 Å². The molecule has 0 radical (unpaired) electrons. The van der Waals surface area contributed by atoms with Crippen LogP contribution in [0.15, 0.2) is 17.1 Å². The number of aromatic amines is 1. The van der Waals surface area contributed by atoms with Crippen LogP contribution in [0.25, 0.3) is 10.1 Å². The summed E-state index contributed by atoms with van der Waals surface area (Å²) >= 11 is 1.56. The maximum Gasteiger partial charge on any atom is 0.265 e. The van der Waals surface area contributed by atoms with Crippen molar-refractivity contribution in [2.45, 2.75) is 13.8 Å². The number of thiophene rings is 1. The Bertz CT molecular complexity index is 481. The summed E-state index contributed by atoms with van der Waals surface area (Å²) in [7, 11) is 0. The molecule has 3 heteroatoms. The fourth-order valence-electron chi connectivity index (χ4n) is 1.28. The van der Waals surface area contributed by atoms with Gasteiger partial charge in [0.1, 0.15) is 0 Å². The summed E-state index contributed by atoms with van der Waals surface area (Å²) in [6.45, 7) is 4.09. The SMILES string of the molecule is Cc1sc2c(=O)[nH]ccc2c1C. The molecule has 0 saturated carbocycles. The van der Waals surface area contributed by atoms with Crippen molar-refractivity contribution in [3.05, 3.63) is 33.1 Å². The van der Waals surface area contributed by atoms with Gasteiger partial charge < -0.3 is 4.98 Å². The lowest BCUT2D eigenvalue weighted by Crippen LogP contribution is -2.01. The second-order valence-electron chi connectivity index (χ2n) is 2.83. The largest absolute Gasteiger partial charge is 0.328 e. The molecule has 0 amide bonds. The highest BCUT2D eigenvalue weighted by atomic mass is 32.1. The van der Waals surface area contributed by atoms with Crippen LogP contribution >= 0.6 is 11.3 Å². The molecule has 2 aromatic heterocycles. The van der Waals surface area contributed by atoms with E-state index in [2.05, 4.69) is 4.98 Å². The van der Waals surface area contributed by atoms with Gasteiger partial charge in [-0.2, -0.15) is 0 Å². The molecule has 2 aromatic rings. The van der Waals surface area contributed by atoms with Crippen LogP contribution in [-0.2, 0) is 0 Å². The van der Waals surface area contributed by atoms with Crippen LogP contribution in [0.4, 0.5) is 0 Å². The van der Waals surface area contributed by atoms with Crippen molar-refractivity contribution in [2.75, 3.05) is 0 Å². The van der Waals surface area contributed by atoms with Crippen molar-refractivity contribution in [1.82, 2.24) is 4.98 Å². The molecule has 0 saturated heterocycles. The first-order valence-electron chi connectivity index (χ1n) is 3.77. The Morgan fingerprint density at radius 3 is 2.83 bits per heavy atom. The number of aryl methyl sites for hydroxylation is 2. The normalized spacial score (nSPS) is 10.8. The average molecular weight is 179 g/mol. The van der Waals surface area contributed by atoms with E-state index in [1.807, 2.05) is 19.9 Å². The Kier molecular flexibility index (Phi) is 1.54. The first-order chi connectivity index (χ1) is 5.70. The van der Waals surface area contributed by atoms with Crippen LogP contribution in [0.1, 0.15) is 10.4 Å². The zero-order valence-electron chi connectivity index (χ0n) is 6.97. The van der Waals surface area contributed by atoms with E-state index in [0.29, 0.717) is 0 Å². The highest BCUT2D eigenvalue weighted by Gasteiger charge is 2.06. The maximum atomic E-state index is 11.3. The van der Waals surface area contributed by atoms with Crippen LogP contribution in [0.3, 0.4) is 0 Å². The fraction of sp³-hybridized carbons (Fsp3) is 0.222. The third-order valence-corrected chi connectivity index (χ3v) is 3.32. The summed E-state index contributed by atoms with van der Waals surface area (Å²) in [5.74, 6) is 0. The molecule has 0 aliphatic carbocycles. The van der Waals surface area contributed by atoms with E-state index >= 15 is 0 Å². The third kappa shape index (κ3) is 0.898. The minimum absolute atomic E-state index is 0.0219. The molecule has 2 nitrogen and oxygen atoms in total. The topological polar surface area (TPSA) is 32.9 Å². The Hall–Kier alpha value is -1.09. The lowest BCUT2D eigenvalue weighted by molar-refractivity contribution is 1.28. The molecular formula is C9H9NOS. The molecule has 0 aliphatic rings. The van der Waals surface area contributed by atoms with Crippen LogP contribution < -0.4 is 5.56 Å². The monoisotopic (exact) mass is 179 g/mol. The minimum atomic E-state index is 0.0219. The van der Waals surface area contributed by atoms with Gasteiger partial charge in [-0.3, -0.25) is 4.79 Å². The molecule has 1 N–H and O–H groups in total. The molecular weight excluding hydrogens is 170 g/mol. The van der Waals surface area contributed by atoms with E-state index in [-0.39, 0.29) is 5.56 Å². The van der Waals surface area contributed by atoms with Gasteiger partial charge in [-0.25, -0.2) is 0 Å². The van der Waals surface area contributed by atoms with Gasteiger partial charge in [0, 0.05) is 16.5 Å². The van der Waals surface area contributed by atoms with Gasteiger partial charge in [0.25, 0.3) is 5.56 Å². The van der Waals surface area contributed by atoms with Crippen molar-refractivity contribution in [2.24, 2.45) is 0 Å². The second kappa shape index (κ2) is 2.45. The predicted octanol–water partition coefficient (Wildman–Crippen LogP) is 2.21. The highest BCUT2D eigenvalue weighted by Crippen LogP contribution is 2.26. The molecule has 0 aliphatic heterocycles. The Morgan fingerprint density at radius 2 is 2.17 bits per heavy atom. The van der Waals surface area contributed by atoms with E-state index in [1.165, 1.54) is 10.4 Å². The zero-order chi connectivity index (χ0) is 8.72. The Balaban J connectivity index is 3.05. The summed E-state index contributed by atoms with van der Waals surface area (Å²) in [5.41, 5.74) is 1.25. The van der Waals surface area contributed by atoms with E-state index in [4.69, 9.17) is 0 Å². The van der Waals surface area contributed by atoms with Crippen molar-refractivity contribution in [3.8, 4) is 0 Å². The summed E-state index contributed by atoms with van der Waals surface area (Å²) in [5, 5.41) is 1.08. The lowest BCUT2D eigenvalue weighted by atomic mass is 10.2. The molecule has 0 unspecified atom stereocenters. The number of aromatic nitrogens is 1. The first-order valence-corrected chi connectivity index (χ1v) is 4.59. The smallest absolute Gasteiger partial charge is 0.265 e. The van der Waals surface area contributed by atoms with Gasteiger partial charge >= 0.3 is 0 Å². The van der Waals surface area contributed by atoms with Gasteiger partial charge in [-0.05, 0) is 25.5 Å². The Morgan fingerprint density at radius 1 is 1.42 bits per heavy atom. The van der Waals surface area contributed by atoms with Crippen molar-refractivity contribution >= 4 is 21.4 Å². The predicted molar refractivity (Wildman–Crippen MR) is 51.9 cm³/mol. The van der Waals surface area contributed by atoms with Gasteiger partial charge in [-0.15, -0.1) is 11.3 Å². The highest BCUT2D eigenvalue weighted by molar-refractivity contribution is 7.19. The standard InChI is InChI=1S/C9H9NOS/c1-5-6(2)12-8-7(5)3-4-10-9(8)11/h3-4H,1-2H3,(H,10,11). The lowest BCUT2D eigenvalue weighted by Gasteiger charge is -1.88. The van der Waals surface area contributed by atoms with Crippen LogP contribution in [0.2, 0.25) is 0 Å². The second-order valence-corrected chi connectivity index (χ2v) is 4.06. The quantitative estimate of drug-likeness (QED) is 0.660. The molecule has 0 fully saturated rings. The van der Waals surface area contributed by atoms with Gasteiger partial charge in [0.05, 0.1) is 4.70 Å². The maximum absolute atomic E-state index is 11.3. The fourth-order valence-corrected chi connectivity index (χ4v) is 2.33. The van der Waals surface area contributed by atoms with Gasteiger partial charge in [-0.1, -0.05) is 0 Å². The molecule has 0 aromatic carbocycles. The molecule has 12 heavy (non-hydrogen) atoms. The molecule has 0 spiro atoms. The van der Waals surface area contributed by atoms with Gasteiger partial charge in [0.2, 0.25) is 0 Å². The molecule has 0 bridgehead atoms. The molecule has 2 rings (SSSR count). The molecule has 2 heterocycles. The molecule has 0 atom stereocenters. The number of H-pyrrole nitrogens is 1. The zero-order valence-corrected chi connectivity index (χ0v) is 7.79. The average Bonchev–Trinajstić information content (AvgIpc) is 2.32. The van der Waals surface area contributed by atoms with E-state index in [0.717, 1.165) is 10.1 Å². The summed E-state index contributed by atoms with van der Waals surface area (Å²) in [4.78, 5) is 15.2. The summed E-state index contributed by atoms with van der Waals surface area (Å²) in [6.07, 6.45) is 1.70. The number of hydrogen-bond donors (Lipinski definition) is 1. The summed E-state index contributed by atoms with van der Waals surface area (Å²) in [6, 6.07) is 1.95. The Labute approximate surface area is 73.9 Å². The number of fused-ring (bicyclic) bond motifs is 1. The number of pyridine rings is 1. The minimum Gasteiger partial charge on any atom is -0.328 e. The van der Waals surface area contributed by atoms with E-state index in [9.17, 15) is 4.79 Å². The van der Waals surface area contributed by atoms with E-state index in [1.54, 1.807) is 17.5 Å². The number of hydrogen-bond acceptors (Lipinski definition) is 2. The van der Waals surface area contributed by atoms with Gasteiger partial charge in [0.15, 0.2) is 0 Å². The van der Waals surface area contributed by atoms with E-state index < -0.39 is 0 Å². The van der Waals surface area contributed by atoms with Crippen molar-refractivity contribution in [3.63, 3.8) is 0 Å². The number of rotatable bonds is 0. The van der Waals surface area contributed by atoms with Crippen molar-refractivity contribution < 1.29 is 0 Å². The summed E-state index contributed by atoms with van der Waals surface area (Å²) < 4.78 is 0.840. The van der Waals surface area contributed by atoms with Crippen LogP contribution in [0, 0.1) is 13.8 Å². The molecule has 62 valence electrons. The first kappa shape index (κ1) is 7.55. The third-order valence-electron chi connectivity index (χ3n) is 2.10.